The Bertz CT molecular complexity index is 788. The van der Waals surface area contributed by atoms with Gasteiger partial charge in [0.05, 0.1) is 19.4 Å². The maximum atomic E-state index is 12.0. The van der Waals surface area contributed by atoms with Crippen LogP contribution in [-0.4, -0.2) is 67.0 Å². The van der Waals surface area contributed by atoms with Crippen molar-refractivity contribution < 1.29 is 9.21 Å². The van der Waals surface area contributed by atoms with Crippen LogP contribution < -0.4 is 10.6 Å². The van der Waals surface area contributed by atoms with Gasteiger partial charge in [0.25, 0.3) is 0 Å². The van der Waals surface area contributed by atoms with E-state index in [1.54, 1.807) is 6.26 Å². The van der Waals surface area contributed by atoms with E-state index in [9.17, 15) is 4.79 Å². The van der Waals surface area contributed by atoms with Crippen LogP contribution in [0.1, 0.15) is 25.2 Å². The van der Waals surface area contributed by atoms with Crippen LogP contribution >= 0.6 is 24.0 Å². The molecule has 0 radical (unpaired) electrons. The molecular formula is C23H34IN5O2. The lowest BCUT2D eigenvalue weighted by atomic mass is 10.2. The number of carbonyl (C=O) groups is 1. The van der Waals surface area contributed by atoms with Gasteiger partial charge >= 0.3 is 0 Å². The fraction of sp³-hybridized carbons (Fsp3) is 0.478. The van der Waals surface area contributed by atoms with Crippen molar-refractivity contribution in [2.24, 2.45) is 4.99 Å². The van der Waals surface area contributed by atoms with Crippen molar-refractivity contribution in [3.05, 3.63) is 60.1 Å². The lowest BCUT2D eigenvalue weighted by Gasteiger charge is -2.36. The van der Waals surface area contributed by atoms with E-state index in [4.69, 9.17) is 9.41 Å². The van der Waals surface area contributed by atoms with Gasteiger partial charge in [0.15, 0.2) is 5.96 Å². The number of benzene rings is 1. The predicted molar refractivity (Wildman–Crippen MR) is 135 cm³/mol. The fourth-order valence-electron chi connectivity index (χ4n) is 3.46. The van der Waals surface area contributed by atoms with Crippen LogP contribution in [-0.2, 0) is 17.8 Å². The highest BCUT2D eigenvalue weighted by Crippen LogP contribution is 2.06. The van der Waals surface area contributed by atoms with Gasteiger partial charge in [0.2, 0.25) is 5.91 Å². The number of hydrogen-bond donors (Lipinski definition) is 2. The van der Waals surface area contributed by atoms with E-state index < -0.39 is 0 Å². The molecule has 0 spiro atoms. The number of rotatable bonds is 8. The summed E-state index contributed by atoms with van der Waals surface area (Å²) in [6, 6.07) is 14.4. The summed E-state index contributed by atoms with van der Waals surface area (Å²) in [5, 5.41) is 6.46. The molecule has 31 heavy (non-hydrogen) atoms. The lowest BCUT2D eigenvalue weighted by Crippen LogP contribution is -2.54. The van der Waals surface area contributed by atoms with Gasteiger partial charge in [-0.1, -0.05) is 30.3 Å². The second-order valence-electron chi connectivity index (χ2n) is 7.87. The normalized spacial score (nSPS) is 14.9. The van der Waals surface area contributed by atoms with E-state index in [0.717, 1.165) is 50.9 Å². The Morgan fingerprint density at radius 1 is 1.10 bits per heavy atom. The Labute approximate surface area is 202 Å². The molecule has 1 amide bonds. The van der Waals surface area contributed by atoms with Gasteiger partial charge in [-0.25, -0.2) is 4.99 Å². The van der Waals surface area contributed by atoms with Crippen LogP contribution in [0.25, 0.3) is 0 Å². The number of furan rings is 1. The molecule has 1 fully saturated rings. The molecule has 3 rings (SSSR count). The summed E-state index contributed by atoms with van der Waals surface area (Å²) in [5.41, 5.74) is 1.19. The molecule has 2 aromatic rings. The van der Waals surface area contributed by atoms with Gasteiger partial charge < -0.3 is 20.0 Å². The molecule has 0 bridgehead atoms. The van der Waals surface area contributed by atoms with Crippen molar-refractivity contribution in [2.45, 2.75) is 32.9 Å². The first kappa shape index (κ1) is 25.2. The van der Waals surface area contributed by atoms with Gasteiger partial charge in [-0.2, -0.15) is 0 Å². The van der Waals surface area contributed by atoms with Crippen molar-refractivity contribution in [2.75, 3.05) is 39.3 Å². The van der Waals surface area contributed by atoms with E-state index in [1.165, 1.54) is 5.56 Å². The van der Waals surface area contributed by atoms with E-state index in [-0.39, 0.29) is 35.9 Å². The number of halogens is 1. The summed E-state index contributed by atoms with van der Waals surface area (Å²) < 4.78 is 5.43. The number of hydrogen-bond acceptors (Lipinski definition) is 4. The number of nitrogens with zero attached hydrogens (tertiary/aromatic N) is 3. The van der Waals surface area contributed by atoms with E-state index in [2.05, 4.69) is 32.6 Å². The maximum absolute atomic E-state index is 12.0. The molecule has 0 atom stereocenters. The number of piperazine rings is 1. The molecule has 0 saturated carbocycles. The number of amides is 1. The molecule has 170 valence electrons. The zero-order chi connectivity index (χ0) is 21.2. The SMILES string of the molecule is CC(C)NC(=O)CN1CCN(C(=NCc2ccccc2)NCCc2ccco2)CC1.I. The zero-order valence-electron chi connectivity index (χ0n) is 18.4. The van der Waals surface area contributed by atoms with Crippen LogP contribution in [0, 0.1) is 0 Å². The second-order valence-corrected chi connectivity index (χ2v) is 7.87. The highest BCUT2D eigenvalue weighted by Gasteiger charge is 2.21. The molecule has 1 aromatic carbocycles. The first-order chi connectivity index (χ1) is 14.6. The van der Waals surface area contributed by atoms with Crippen molar-refractivity contribution in [3.8, 4) is 0 Å². The van der Waals surface area contributed by atoms with Gasteiger partial charge in [0.1, 0.15) is 5.76 Å². The smallest absolute Gasteiger partial charge is 0.234 e. The summed E-state index contributed by atoms with van der Waals surface area (Å²) in [6.45, 7) is 9.20. The fourth-order valence-corrected chi connectivity index (χ4v) is 3.46. The van der Waals surface area contributed by atoms with Crippen LogP contribution in [0.15, 0.2) is 58.1 Å². The molecule has 1 aromatic heterocycles. The first-order valence-electron chi connectivity index (χ1n) is 10.7. The highest BCUT2D eigenvalue weighted by molar-refractivity contribution is 14.0. The molecule has 7 nitrogen and oxygen atoms in total. The van der Waals surface area contributed by atoms with Crippen LogP contribution in [0.5, 0.6) is 0 Å². The summed E-state index contributed by atoms with van der Waals surface area (Å²) in [6.07, 6.45) is 2.51. The lowest BCUT2D eigenvalue weighted by molar-refractivity contribution is -0.123. The molecule has 8 heteroatoms. The molecule has 1 saturated heterocycles. The monoisotopic (exact) mass is 539 g/mol. The van der Waals surface area contributed by atoms with E-state index in [0.29, 0.717) is 13.1 Å². The third kappa shape index (κ3) is 8.90. The van der Waals surface area contributed by atoms with Gasteiger partial charge in [-0.3, -0.25) is 9.69 Å². The van der Waals surface area contributed by atoms with Crippen molar-refractivity contribution >= 4 is 35.8 Å². The maximum Gasteiger partial charge on any atom is 0.234 e. The van der Waals surface area contributed by atoms with E-state index >= 15 is 0 Å². The van der Waals surface area contributed by atoms with Gasteiger partial charge in [0, 0.05) is 45.2 Å². The summed E-state index contributed by atoms with van der Waals surface area (Å²) in [4.78, 5) is 21.4. The molecule has 1 aliphatic rings. The molecule has 0 unspecified atom stereocenters. The standard InChI is InChI=1S/C23H33N5O2.HI/c1-19(2)26-22(29)18-27-12-14-28(15-13-27)23(24-11-10-21-9-6-16-30-21)25-17-20-7-4-3-5-8-20;/h3-9,16,19H,10-15,17-18H2,1-2H3,(H,24,25)(H,26,29);1H. The highest BCUT2D eigenvalue weighted by atomic mass is 127. The van der Waals surface area contributed by atoms with E-state index in [1.807, 2.05) is 44.2 Å². The topological polar surface area (TPSA) is 73.1 Å². The molecule has 1 aliphatic heterocycles. The van der Waals surface area contributed by atoms with Crippen molar-refractivity contribution in [3.63, 3.8) is 0 Å². The molecular weight excluding hydrogens is 505 g/mol. The quantitative estimate of drug-likeness (QED) is 0.307. The van der Waals surface area contributed by atoms with Crippen molar-refractivity contribution in [1.29, 1.82) is 0 Å². The molecule has 2 heterocycles. The molecule has 2 N–H and O–H groups in total. The Hall–Kier alpha value is -2.07. The van der Waals surface area contributed by atoms with Crippen LogP contribution in [0.3, 0.4) is 0 Å². The van der Waals surface area contributed by atoms with Gasteiger partial charge in [-0.15, -0.1) is 24.0 Å². The minimum absolute atomic E-state index is 0. The van der Waals surface area contributed by atoms with Crippen LogP contribution in [0.2, 0.25) is 0 Å². The van der Waals surface area contributed by atoms with Gasteiger partial charge in [-0.05, 0) is 31.5 Å². The minimum atomic E-state index is 0. The minimum Gasteiger partial charge on any atom is -0.469 e. The third-order valence-electron chi connectivity index (χ3n) is 4.98. The third-order valence-corrected chi connectivity index (χ3v) is 4.98. The number of guanidine groups is 1. The summed E-state index contributed by atoms with van der Waals surface area (Å²) in [7, 11) is 0. The number of nitrogens with one attached hydrogen (secondary N) is 2. The average Bonchev–Trinajstić information content (AvgIpc) is 3.25. The summed E-state index contributed by atoms with van der Waals surface area (Å²) >= 11 is 0. The largest absolute Gasteiger partial charge is 0.469 e. The number of aliphatic imine (C=N–C) groups is 1. The Kier molecular flexibility index (Phi) is 10.9. The Balaban J connectivity index is 0.00000341. The Morgan fingerprint density at radius 3 is 2.48 bits per heavy atom. The van der Waals surface area contributed by atoms with Crippen molar-refractivity contribution in [1.82, 2.24) is 20.4 Å². The average molecular weight is 539 g/mol. The summed E-state index contributed by atoms with van der Waals surface area (Å²) in [5.74, 6) is 1.97. The second kappa shape index (κ2) is 13.4. The predicted octanol–water partition coefficient (Wildman–Crippen LogP) is 2.73. The van der Waals surface area contributed by atoms with Crippen LogP contribution in [0.4, 0.5) is 0 Å². The first-order valence-corrected chi connectivity index (χ1v) is 10.7. The Morgan fingerprint density at radius 2 is 1.84 bits per heavy atom. The zero-order valence-corrected chi connectivity index (χ0v) is 20.7. The number of carbonyl (C=O) groups excluding carboxylic acids is 1. The molecule has 0 aliphatic carbocycles.